The van der Waals surface area contributed by atoms with E-state index in [1.165, 1.54) is 4.31 Å². The van der Waals surface area contributed by atoms with Gasteiger partial charge in [0.15, 0.2) is 0 Å². The zero-order valence-electron chi connectivity index (χ0n) is 13.9. The maximum absolute atomic E-state index is 12.7. The molecule has 1 aromatic rings. The monoisotopic (exact) mass is 355 g/mol. The minimum absolute atomic E-state index is 0.228. The summed E-state index contributed by atoms with van der Waals surface area (Å²) in [4.78, 5) is 12.6. The molecule has 1 aliphatic heterocycles. The number of nitrogens with one attached hydrogen (secondary N) is 2. The topological polar surface area (TPSA) is 87.7 Å². The van der Waals surface area contributed by atoms with E-state index in [0.29, 0.717) is 45.6 Å². The van der Waals surface area contributed by atoms with Gasteiger partial charge in [0.1, 0.15) is 6.04 Å². The minimum atomic E-state index is -3.64. The van der Waals surface area contributed by atoms with Crippen molar-refractivity contribution in [1.29, 1.82) is 0 Å². The molecule has 134 valence electrons. The maximum Gasteiger partial charge on any atom is 0.243 e. The van der Waals surface area contributed by atoms with Gasteiger partial charge in [-0.2, -0.15) is 4.31 Å². The van der Waals surface area contributed by atoms with Gasteiger partial charge in [-0.15, -0.1) is 0 Å². The highest BCUT2D eigenvalue weighted by atomic mass is 32.2. The van der Waals surface area contributed by atoms with Crippen LogP contribution in [0.3, 0.4) is 0 Å². The van der Waals surface area contributed by atoms with Gasteiger partial charge in [-0.05, 0) is 25.0 Å². The lowest BCUT2D eigenvalue weighted by Gasteiger charge is -2.23. The lowest BCUT2D eigenvalue weighted by atomic mass is 10.2. The predicted octanol–water partition coefficient (Wildman–Crippen LogP) is 0.192. The van der Waals surface area contributed by atoms with Crippen LogP contribution in [0.15, 0.2) is 35.2 Å². The Hall–Kier alpha value is -1.48. The van der Waals surface area contributed by atoms with Crippen LogP contribution in [0.2, 0.25) is 0 Å². The zero-order valence-corrected chi connectivity index (χ0v) is 14.7. The molecule has 1 saturated heterocycles. The first kappa shape index (κ1) is 18.9. The number of nitrogens with zero attached hydrogens (tertiary/aromatic N) is 1. The van der Waals surface area contributed by atoms with E-state index < -0.39 is 16.1 Å². The van der Waals surface area contributed by atoms with Crippen LogP contribution in [-0.4, -0.2) is 64.6 Å². The lowest BCUT2D eigenvalue weighted by molar-refractivity contribution is -0.124. The smallest absolute Gasteiger partial charge is 0.243 e. The van der Waals surface area contributed by atoms with Crippen molar-refractivity contribution < 1.29 is 17.9 Å². The molecular weight excluding hydrogens is 330 g/mol. The zero-order chi connectivity index (χ0) is 17.4. The summed E-state index contributed by atoms with van der Waals surface area (Å²) in [6, 6.07) is 7.62. The SMILES string of the molecule is COCCNCCNC(=O)C1CCCN1S(=O)(=O)c1ccccc1. The molecule has 2 N–H and O–H groups in total. The molecule has 1 atom stereocenters. The van der Waals surface area contributed by atoms with Crippen molar-refractivity contribution in [1.82, 2.24) is 14.9 Å². The van der Waals surface area contributed by atoms with Gasteiger partial charge in [-0.3, -0.25) is 4.79 Å². The van der Waals surface area contributed by atoms with E-state index in [2.05, 4.69) is 10.6 Å². The Morgan fingerprint density at radius 3 is 2.71 bits per heavy atom. The van der Waals surface area contributed by atoms with E-state index in [1.54, 1.807) is 37.4 Å². The molecule has 1 heterocycles. The number of methoxy groups -OCH3 is 1. The number of hydrogen-bond acceptors (Lipinski definition) is 5. The highest BCUT2D eigenvalue weighted by molar-refractivity contribution is 7.89. The van der Waals surface area contributed by atoms with Crippen molar-refractivity contribution in [3.63, 3.8) is 0 Å². The summed E-state index contributed by atoms with van der Waals surface area (Å²) in [5, 5.41) is 5.93. The van der Waals surface area contributed by atoms with Crippen LogP contribution in [0.1, 0.15) is 12.8 Å². The number of carbonyl (C=O) groups excluding carboxylic acids is 1. The van der Waals surface area contributed by atoms with Crippen LogP contribution in [0.4, 0.5) is 0 Å². The van der Waals surface area contributed by atoms with Crippen molar-refractivity contribution in [3.8, 4) is 0 Å². The summed E-state index contributed by atoms with van der Waals surface area (Å²) in [5.74, 6) is -0.236. The molecule has 24 heavy (non-hydrogen) atoms. The van der Waals surface area contributed by atoms with Crippen molar-refractivity contribution in [2.45, 2.75) is 23.8 Å². The standard InChI is InChI=1S/C16H25N3O4S/c1-23-13-11-17-9-10-18-16(20)15-8-5-12-19(15)24(21,22)14-6-3-2-4-7-14/h2-4,6-7,15,17H,5,8-13H2,1H3,(H,18,20). The third kappa shape index (κ3) is 4.76. The van der Waals surface area contributed by atoms with Gasteiger partial charge in [-0.1, -0.05) is 18.2 Å². The Bertz CT molecular complexity index is 621. The van der Waals surface area contributed by atoms with Crippen LogP contribution in [0.25, 0.3) is 0 Å². The fourth-order valence-electron chi connectivity index (χ4n) is 2.71. The molecule has 1 unspecified atom stereocenters. The Morgan fingerprint density at radius 2 is 2.00 bits per heavy atom. The van der Waals surface area contributed by atoms with Crippen LogP contribution in [-0.2, 0) is 19.6 Å². The minimum Gasteiger partial charge on any atom is -0.383 e. The fraction of sp³-hybridized carbons (Fsp3) is 0.562. The molecule has 1 aliphatic rings. The summed E-state index contributed by atoms with van der Waals surface area (Å²) in [5.41, 5.74) is 0. The van der Waals surface area contributed by atoms with Crippen molar-refractivity contribution in [3.05, 3.63) is 30.3 Å². The van der Waals surface area contributed by atoms with Crippen LogP contribution < -0.4 is 10.6 Å². The van der Waals surface area contributed by atoms with Gasteiger partial charge >= 0.3 is 0 Å². The summed E-state index contributed by atoms with van der Waals surface area (Å²) < 4.78 is 31.7. The predicted molar refractivity (Wildman–Crippen MR) is 91.1 cm³/mol. The Labute approximate surface area is 143 Å². The molecule has 8 heteroatoms. The van der Waals surface area contributed by atoms with E-state index in [-0.39, 0.29) is 10.8 Å². The number of rotatable bonds is 9. The van der Waals surface area contributed by atoms with E-state index in [4.69, 9.17) is 4.74 Å². The van der Waals surface area contributed by atoms with Crippen molar-refractivity contribution >= 4 is 15.9 Å². The first-order valence-electron chi connectivity index (χ1n) is 8.11. The number of benzene rings is 1. The van der Waals surface area contributed by atoms with Gasteiger partial charge in [0, 0.05) is 33.3 Å². The van der Waals surface area contributed by atoms with Crippen LogP contribution in [0.5, 0.6) is 0 Å². The van der Waals surface area contributed by atoms with E-state index in [0.717, 1.165) is 0 Å². The molecule has 2 rings (SSSR count). The molecule has 1 aromatic carbocycles. The third-order valence-electron chi connectivity index (χ3n) is 3.94. The molecule has 0 bridgehead atoms. The average molecular weight is 355 g/mol. The third-order valence-corrected chi connectivity index (χ3v) is 5.86. The summed E-state index contributed by atoms with van der Waals surface area (Å²) in [7, 11) is -2.00. The number of ether oxygens (including phenoxy) is 1. The quantitative estimate of drug-likeness (QED) is 0.618. The van der Waals surface area contributed by atoms with Crippen molar-refractivity contribution in [2.75, 3.05) is 39.9 Å². The van der Waals surface area contributed by atoms with Crippen LogP contribution in [0, 0.1) is 0 Å². The molecular formula is C16H25N3O4S. The largest absolute Gasteiger partial charge is 0.383 e. The van der Waals surface area contributed by atoms with E-state index >= 15 is 0 Å². The molecule has 0 saturated carbocycles. The van der Waals surface area contributed by atoms with Gasteiger partial charge in [0.25, 0.3) is 0 Å². The highest BCUT2D eigenvalue weighted by Crippen LogP contribution is 2.25. The number of sulfonamides is 1. The maximum atomic E-state index is 12.7. The van der Waals surface area contributed by atoms with E-state index in [9.17, 15) is 13.2 Å². The second-order valence-corrected chi connectivity index (χ2v) is 7.51. The molecule has 1 fully saturated rings. The molecule has 0 radical (unpaired) electrons. The molecule has 0 spiro atoms. The van der Waals surface area contributed by atoms with Gasteiger partial charge in [0.05, 0.1) is 11.5 Å². The first-order valence-corrected chi connectivity index (χ1v) is 9.55. The molecule has 1 amide bonds. The Balaban J connectivity index is 1.91. The second kappa shape index (κ2) is 9.12. The average Bonchev–Trinajstić information content (AvgIpc) is 3.09. The van der Waals surface area contributed by atoms with Gasteiger partial charge < -0.3 is 15.4 Å². The molecule has 7 nitrogen and oxygen atoms in total. The normalized spacial score (nSPS) is 18.6. The van der Waals surface area contributed by atoms with E-state index in [1.807, 2.05) is 0 Å². The lowest BCUT2D eigenvalue weighted by Crippen LogP contribution is -2.47. The van der Waals surface area contributed by atoms with Gasteiger partial charge in [-0.25, -0.2) is 8.42 Å². The number of amides is 1. The van der Waals surface area contributed by atoms with Gasteiger partial charge in [0.2, 0.25) is 15.9 Å². The first-order chi connectivity index (χ1) is 11.6. The fourth-order valence-corrected chi connectivity index (χ4v) is 4.39. The number of carbonyl (C=O) groups is 1. The summed E-state index contributed by atoms with van der Waals surface area (Å²) in [6.45, 7) is 2.77. The van der Waals surface area contributed by atoms with Crippen LogP contribution >= 0.6 is 0 Å². The Kier molecular flexibility index (Phi) is 7.16. The summed E-state index contributed by atoms with van der Waals surface area (Å²) in [6.07, 6.45) is 1.24. The summed E-state index contributed by atoms with van der Waals surface area (Å²) >= 11 is 0. The molecule has 0 aliphatic carbocycles. The number of hydrogen-bond donors (Lipinski definition) is 2. The second-order valence-electron chi connectivity index (χ2n) is 5.62. The highest BCUT2D eigenvalue weighted by Gasteiger charge is 2.39. The Morgan fingerprint density at radius 1 is 1.25 bits per heavy atom. The molecule has 0 aromatic heterocycles. The van der Waals surface area contributed by atoms with Crippen molar-refractivity contribution in [2.24, 2.45) is 0 Å².